The minimum absolute atomic E-state index is 0.0439. The van der Waals surface area contributed by atoms with Crippen LogP contribution in [0.2, 0.25) is 0 Å². The fourth-order valence-corrected chi connectivity index (χ4v) is 7.48. The molecular formula is C21H26FN9O9P2S. The molecule has 2 fully saturated rings. The molecule has 1 saturated carbocycles. The van der Waals surface area contributed by atoms with Gasteiger partial charge in [0.15, 0.2) is 35.0 Å². The molecule has 0 bridgehead atoms. The topological polar surface area (TPSA) is 237 Å². The number of aromatic nitrogens is 8. The maximum absolute atomic E-state index is 16.0. The first-order chi connectivity index (χ1) is 20.3. The van der Waals surface area contributed by atoms with Crippen LogP contribution < -0.4 is 11.3 Å². The van der Waals surface area contributed by atoms with E-state index in [1.165, 1.54) is 28.1 Å². The zero-order chi connectivity index (χ0) is 30.7. The van der Waals surface area contributed by atoms with Crippen molar-refractivity contribution in [2.24, 2.45) is 7.05 Å². The summed E-state index contributed by atoms with van der Waals surface area (Å²) in [6, 6.07) is -0.175. The van der Waals surface area contributed by atoms with Gasteiger partial charge in [0.05, 0.1) is 31.7 Å². The van der Waals surface area contributed by atoms with Crippen LogP contribution in [0.5, 0.6) is 0 Å². The van der Waals surface area contributed by atoms with Gasteiger partial charge in [-0.3, -0.25) is 18.4 Å². The Balaban J connectivity index is 1.19. The number of nitrogens with two attached hydrogens (primary N) is 1. The van der Waals surface area contributed by atoms with Crippen LogP contribution in [0.15, 0.2) is 30.1 Å². The monoisotopic (exact) mass is 661 g/mol. The van der Waals surface area contributed by atoms with Gasteiger partial charge < -0.3 is 38.8 Å². The van der Waals surface area contributed by atoms with Crippen LogP contribution in [0.25, 0.3) is 22.3 Å². The Bertz CT molecular complexity index is 1830. The second-order valence-electron chi connectivity index (χ2n) is 10.1. The predicted octanol–water partition coefficient (Wildman–Crippen LogP) is 0.609. The van der Waals surface area contributed by atoms with Crippen LogP contribution in [0.4, 0.5) is 10.2 Å². The number of fused-ring (bicyclic) bond motifs is 2. The minimum Gasteiger partial charge on any atom is -0.382 e. The maximum Gasteiger partial charge on any atom is 0.469 e. The minimum atomic E-state index is -4.98. The van der Waals surface area contributed by atoms with Gasteiger partial charge in [0, 0.05) is 13.1 Å². The van der Waals surface area contributed by atoms with E-state index in [0.29, 0.717) is 24.9 Å². The molecular weight excluding hydrogens is 635 g/mol. The third-order valence-electron chi connectivity index (χ3n) is 7.27. The van der Waals surface area contributed by atoms with Crippen LogP contribution in [0, 0.1) is 0 Å². The number of phosphoric acid groups is 1. The Morgan fingerprint density at radius 1 is 1.07 bits per heavy atom. The fraction of sp³-hybridized carbons (Fsp3) is 0.524. The van der Waals surface area contributed by atoms with Crippen LogP contribution in [-0.2, 0) is 41.7 Å². The lowest BCUT2D eigenvalue weighted by Crippen LogP contribution is -2.34. The van der Waals surface area contributed by atoms with Gasteiger partial charge in [-0.05, 0) is 31.1 Å². The lowest BCUT2D eigenvalue weighted by molar-refractivity contribution is -0.0444. The first kappa shape index (κ1) is 30.3. The molecule has 6 rings (SSSR count). The Morgan fingerprint density at radius 3 is 2.56 bits per heavy atom. The number of alkyl halides is 1. The molecule has 0 spiro atoms. The normalized spacial score (nSPS) is 27.7. The molecule has 22 heteroatoms. The molecule has 1 saturated heterocycles. The average Bonchev–Trinajstić information content (AvgIpc) is 3.71. The molecule has 232 valence electrons. The number of ether oxygens (including phenoxy) is 1. The van der Waals surface area contributed by atoms with E-state index >= 15 is 4.39 Å². The van der Waals surface area contributed by atoms with Crippen LogP contribution in [0.3, 0.4) is 0 Å². The summed E-state index contributed by atoms with van der Waals surface area (Å²) in [5.74, 6) is 0.0439. The quantitative estimate of drug-likeness (QED) is 0.180. The van der Waals surface area contributed by atoms with Crippen molar-refractivity contribution in [1.29, 1.82) is 0 Å². The molecule has 2 aliphatic rings. The zero-order valence-electron chi connectivity index (χ0n) is 22.2. The van der Waals surface area contributed by atoms with Crippen molar-refractivity contribution < 1.29 is 41.9 Å². The lowest BCUT2D eigenvalue weighted by atomic mass is 10.1. The van der Waals surface area contributed by atoms with Crippen molar-refractivity contribution in [1.82, 2.24) is 38.6 Å². The van der Waals surface area contributed by atoms with E-state index in [-0.39, 0.29) is 34.1 Å². The van der Waals surface area contributed by atoms with Gasteiger partial charge in [0.25, 0.3) is 5.56 Å². The highest BCUT2D eigenvalue weighted by Crippen LogP contribution is 2.53. The number of aryl methyl sites for hydroxylation is 1. The number of nitrogens with zero attached hydrogens (tertiary/aromatic N) is 8. The number of imidazole rings is 2. The van der Waals surface area contributed by atoms with Crippen molar-refractivity contribution in [3.05, 3.63) is 35.7 Å². The number of hydrogen-bond acceptors (Lipinski definition) is 13. The first-order valence-electron chi connectivity index (χ1n) is 12.8. The standard InChI is InChI=1S/C21H26FN9O9P2S/c1-29-7-28-19-15(20(29)32)27-8-30(19)10-2-3-11(4-10)39-42(36,43)40-16-12(5-37-41(33,34)35)38-21(13(16)22)31-9-26-14-17(23)24-6-25-18(14)31/h6-13,16,21H,2-5H2,1H3,(H,36,43)(H2,23,24,25)(H2,33,34,35)/t10-,11+,12+,13+,16+,21+,42?/m0/s1. The van der Waals surface area contributed by atoms with Gasteiger partial charge in [-0.1, -0.05) is 0 Å². The van der Waals surface area contributed by atoms with Crippen LogP contribution in [0.1, 0.15) is 31.5 Å². The Labute approximate surface area is 246 Å². The molecule has 4 aromatic heterocycles. The van der Waals surface area contributed by atoms with Crippen molar-refractivity contribution in [2.45, 2.75) is 56.0 Å². The second kappa shape index (κ2) is 11.3. The highest BCUT2D eigenvalue weighted by atomic mass is 32.5. The summed E-state index contributed by atoms with van der Waals surface area (Å²) >= 11 is 5.23. The highest BCUT2D eigenvalue weighted by Gasteiger charge is 2.51. The van der Waals surface area contributed by atoms with Gasteiger partial charge in [0.2, 0.25) is 0 Å². The largest absolute Gasteiger partial charge is 0.469 e. The van der Waals surface area contributed by atoms with Gasteiger partial charge in [0.1, 0.15) is 24.1 Å². The molecule has 1 aliphatic heterocycles. The van der Waals surface area contributed by atoms with Crippen molar-refractivity contribution in [2.75, 3.05) is 12.3 Å². The zero-order valence-corrected chi connectivity index (χ0v) is 24.8. The number of halogens is 1. The molecule has 5 heterocycles. The molecule has 4 aromatic rings. The SMILES string of the molecule is Cn1cnc2c(ncn2[C@H]2CC[C@@H](OP(O)(=S)O[C@H]3[C@@H](F)[C@H](n4cnc5c(N)ncnc54)O[C@@H]3COP(=O)(O)O)C2)c1=O. The van der Waals surface area contributed by atoms with E-state index in [2.05, 4.69) is 29.4 Å². The molecule has 1 unspecified atom stereocenters. The molecule has 0 amide bonds. The smallest absolute Gasteiger partial charge is 0.382 e. The van der Waals surface area contributed by atoms with Crippen LogP contribution in [-0.4, -0.2) is 84.4 Å². The van der Waals surface area contributed by atoms with Crippen molar-refractivity contribution in [3.8, 4) is 0 Å². The number of rotatable bonds is 9. The summed E-state index contributed by atoms with van der Waals surface area (Å²) in [5, 5.41) is 0. The highest BCUT2D eigenvalue weighted by molar-refractivity contribution is 8.07. The molecule has 7 atom stereocenters. The summed E-state index contributed by atoms with van der Waals surface area (Å²) in [6.07, 6.45) is -0.497. The molecule has 0 radical (unpaired) electrons. The third kappa shape index (κ3) is 6.00. The van der Waals surface area contributed by atoms with Gasteiger partial charge in [-0.15, -0.1) is 0 Å². The fourth-order valence-electron chi connectivity index (χ4n) is 5.30. The summed E-state index contributed by atoms with van der Waals surface area (Å²) < 4.78 is 53.3. The number of nitrogen functional groups attached to an aromatic ring is 1. The summed E-state index contributed by atoms with van der Waals surface area (Å²) in [7, 11) is -3.40. The summed E-state index contributed by atoms with van der Waals surface area (Å²) in [5.41, 5.74) is 6.47. The molecule has 5 N–H and O–H groups in total. The second-order valence-corrected chi connectivity index (χ2v) is 14.1. The van der Waals surface area contributed by atoms with E-state index in [0.717, 1.165) is 6.33 Å². The molecule has 43 heavy (non-hydrogen) atoms. The van der Waals surface area contributed by atoms with Gasteiger partial charge in [-0.25, -0.2) is 33.9 Å². The third-order valence-corrected chi connectivity index (χ3v) is 9.34. The summed E-state index contributed by atoms with van der Waals surface area (Å²) in [4.78, 5) is 62.3. The van der Waals surface area contributed by atoms with Crippen molar-refractivity contribution in [3.63, 3.8) is 0 Å². The number of phosphoric ester groups is 1. The van der Waals surface area contributed by atoms with Crippen molar-refractivity contribution >= 4 is 54.5 Å². The van der Waals surface area contributed by atoms with E-state index in [4.69, 9.17) is 31.3 Å². The first-order valence-corrected chi connectivity index (χ1v) is 16.9. The van der Waals surface area contributed by atoms with Gasteiger partial charge in [-0.2, -0.15) is 0 Å². The lowest BCUT2D eigenvalue weighted by Gasteiger charge is -2.26. The number of hydrogen-bond donors (Lipinski definition) is 4. The Morgan fingerprint density at radius 2 is 1.79 bits per heavy atom. The van der Waals surface area contributed by atoms with E-state index in [1.807, 2.05) is 0 Å². The van der Waals surface area contributed by atoms with E-state index in [1.54, 1.807) is 11.6 Å². The number of anilines is 1. The predicted molar refractivity (Wildman–Crippen MR) is 148 cm³/mol. The Hall–Kier alpha value is -2.77. The average molecular weight is 662 g/mol. The maximum atomic E-state index is 16.0. The van der Waals surface area contributed by atoms with Crippen LogP contribution >= 0.6 is 14.5 Å². The molecule has 0 aromatic carbocycles. The summed E-state index contributed by atoms with van der Waals surface area (Å²) in [6.45, 7) is -4.95. The molecule has 18 nitrogen and oxygen atoms in total. The van der Waals surface area contributed by atoms with E-state index < -0.39 is 51.9 Å². The van der Waals surface area contributed by atoms with Gasteiger partial charge >= 0.3 is 14.5 Å². The van der Waals surface area contributed by atoms with E-state index in [9.17, 15) is 24.0 Å². The Kier molecular flexibility index (Phi) is 7.95. The molecule has 1 aliphatic carbocycles.